The zero-order valence-electron chi connectivity index (χ0n) is 11.4. The first-order valence-electron chi connectivity index (χ1n) is 6.81. The van der Waals surface area contributed by atoms with Gasteiger partial charge in [0.15, 0.2) is 0 Å². The molecule has 1 aliphatic rings. The van der Waals surface area contributed by atoms with Crippen LogP contribution in [-0.2, 0) is 12.8 Å². The highest BCUT2D eigenvalue weighted by atomic mass is 16.3. The summed E-state index contributed by atoms with van der Waals surface area (Å²) in [5, 5.41) is 12.8. The van der Waals surface area contributed by atoms with Gasteiger partial charge in [0.1, 0.15) is 5.75 Å². The lowest BCUT2D eigenvalue weighted by molar-refractivity contribution is 0.0936. The zero-order valence-corrected chi connectivity index (χ0v) is 11.4. The van der Waals surface area contributed by atoms with Crippen LogP contribution >= 0.6 is 0 Å². The molecule has 3 heteroatoms. The Morgan fingerprint density at radius 1 is 1.15 bits per heavy atom. The minimum atomic E-state index is -0.205. The molecule has 0 aliphatic heterocycles. The number of carbonyl (C=O) groups is 1. The number of hydrogen-bond acceptors (Lipinski definition) is 2. The molecule has 102 valence electrons. The number of carbonyl (C=O) groups excluding carboxylic acids is 1. The standard InChI is InChI=1S/C17H17NO2/c1-11-6-7-16(19)15(8-11)17(20)18-14-9-12-4-2-3-5-13(12)10-14/h2-8,14,19H,9-10H2,1H3,(H,18,20). The minimum absolute atomic E-state index is 0.0311. The maximum Gasteiger partial charge on any atom is 0.255 e. The molecule has 0 spiro atoms. The first-order chi connectivity index (χ1) is 9.63. The molecule has 0 saturated carbocycles. The van der Waals surface area contributed by atoms with Crippen molar-refractivity contribution < 1.29 is 9.90 Å². The van der Waals surface area contributed by atoms with Crippen molar-refractivity contribution in [3.63, 3.8) is 0 Å². The third-order valence-electron chi connectivity index (χ3n) is 3.78. The summed E-state index contributed by atoms with van der Waals surface area (Å²) in [6, 6.07) is 13.4. The van der Waals surface area contributed by atoms with E-state index in [0.29, 0.717) is 5.56 Å². The van der Waals surface area contributed by atoms with Crippen LogP contribution in [0.25, 0.3) is 0 Å². The molecule has 2 aromatic carbocycles. The van der Waals surface area contributed by atoms with Crippen molar-refractivity contribution in [2.24, 2.45) is 0 Å². The molecule has 0 radical (unpaired) electrons. The monoisotopic (exact) mass is 267 g/mol. The number of hydrogen-bond donors (Lipinski definition) is 2. The lowest BCUT2D eigenvalue weighted by atomic mass is 10.1. The SMILES string of the molecule is Cc1ccc(O)c(C(=O)NC2Cc3ccccc3C2)c1. The molecule has 0 unspecified atom stereocenters. The summed E-state index contributed by atoms with van der Waals surface area (Å²) in [4.78, 5) is 12.3. The lowest BCUT2D eigenvalue weighted by Crippen LogP contribution is -2.35. The van der Waals surface area contributed by atoms with Gasteiger partial charge in [-0.25, -0.2) is 0 Å². The summed E-state index contributed by atoms with van der Waals surface area (Å²) >= 11 is 0. The molecule has 20 heavy (non-hydrogen) atoms. The maximum atomic E-state index is 12.3. The van der Waals surface area contributed by atoms with Gasteiger partial charge in [-0.1, -0.05) is 35.9 Å². The van der Waals surface area contributed by atoms with E-state index in [1.165, 1.54) is 11.1 Å². The molecule has 0 saturated heterocycles. The molecule has 3 rings (SSSR count). The molecule has 0 aromatic heterocycles. The van der Waals surface area contributed by atoms with Gasteiger partial charge in [-0.2, -0.15) is 0 Å². The highest BCUT2D eigenvalue weighted by molar-refractivity contribution is 5.97. The summed E-state index contributed by atoms with van der Waals surface area (Å²) in [6.45, 7) is 1.90. The Kier molecular flexibility index (Phi) is 3.18. The van der Waals surface area contributed by atoms with Gasteiger partial charge in [0.05, 0.1) is 5.56 Å². The number of amides is 1. The molecular weight excluding hydrogens is 250 g/mol. The van der Waals surface area contributed by atoms with Gasteiger partial charge < -0.3 is 10.4 Å². The summed E-state index contributed by atoms with van der Waals surface area (Å²) in [7, 11) is 0. The Morgan fingerprint density at radius 2 is 1.80 bits per heavy atom. The third kappa shape index (κ3) is 2.39. The average molecular weight is 267 g/mol. The first-order valence-corrected chi connectivity index (χ1v) is 6.81. The van der Waals surface area contributed by atoms with Gasteiger partial charge >= 0.3 is 0 Å². The molecule has 0 fully saturated rings. The summed E-state index contributed by atoms with van der Waals surface area (Å²) < 4.78 is 0. The molecule has 2 aromatic rings. The van der Waals surface area contributed by atoms with Crippen LogP contribution in [0.5, 0.6) is 5.75 Å². The third-order valence-corrected chi connectivity index (χ3v) is 3.78. The van der Waals surface area contributed by atoms with Gasteiger partial charge in [-0.05, 0) is 43.0 Å². The summed E-state index contributed by atoms with van der Waals surface area (Å²) in [5.41, 5.74) is 3.90. The maximum absolute atomic E-state index is 12.3. The van der Waals surface area contributed by atoms with Crippen LogP contribution in [0.2, 0.25) is 0 Å². The van der Waals surface area contributed by atoms with Crippen molar-refractivity contribution in [1.29, 1.82) is 0 Å². The normalized spacial score (nSPS) is 14.1. The molecule has 1 amide bonds. The highest BCUT2D eigenvalue weighted by Gasteiger charge is 2.23. The fourth-order valence-corrected chi connectivity index (χ4v) is 2.76. The fraction of sp³-hybridized carbons (Fsp3) is 0.235. The van der Waals surface area contributed by atoms with Gasteiger partial charge in [0, 0.05) is 6.04 Å². The fourth-order valence-electron chi connectivity index (χ4n) is 2.76. The predicted molar refractivity (Wildman–Crippen MR) is 77.9 cm³/mol. The van der Waals surface area contributed by atoms with Crippen molar-refractivity contribution in [3.8, 4) is 5.75 Å². The van der Waals surface area contributed by atoms with E-state index < -0.39 is 0 Å². The lowest BCUT2D eigenvalue weighted by Gasteiger charge is -2.13. The van der Waals surface area contributed by atoms with Gasteiger partial charge in [-0.3, -0.25) is 4.79 Å². The van der Waals surface area contributed by atoms with Crippen LogP contribution < -0.4 is 5.32 Å². The molecular formula is C17H17NO2. The van der Waals surface area contributed by atoms with Crippen molar-refractivity contribution >= 4 is 5.91 Å². The van der Waals surface area contributed by atoms with E-state index in [-0.39, 0.29) is 17.7 Å². The number of phenolic OH excluding ortho intramolecular Hbond substituents is 1. The van der Waals surface area contributed by atoms with E-state index in [4.69, 9.17) is 0 Å². The Morgan fingerprint density at radius 3 is 2.45 bits per heavy atom. The van der Waals surface area contributed by atoms with E-state index in [9.17, 15) is 9.90 Å². The average Bonchev–Trinajstić information content (AvgIpc) is 2.83. The van der Waals surface area contributed by atoms with E-state index in [1.807, 2.05) is 19.1 Å². The first kappa shape index (κ1) is 12.7. The number of benzene rings is 2. The number of nitrogens with one attached hydrogen (secondary N) is 1. The van der Waals surface area contributed by atoms with Crippen LogP contribution in [-0.4, -0.2) is 17.1 Å². The van der Waals surface area contributed by atoms with Crippen molar-refractivity contribution in [3.05, 3.63) is 64.7 Å². The largest absolute Gasteiger partial charge is 0.507 e. The second-order valence-electron chi connectivity index (χ2n) is 5.37. The zero-order chi connectivity index (χ0) is 14.1. The van der Waals surface area contributed by atoms with E-state index >= 15 is 0 Å². The van der Waals surface area contributed by atoms with E-state index in [0.717, 1.165) is 18.4 Å². The van der Waals surface area contributed by atoms with Gasteiger partial charge in [0.25, 0.3) is 5.91 Å². The molecule has 0 bridgehead atoms. The Balaban J connectivity index is 1.74. The number of fused-ring (bicyclic) bond motifs is 1. The van der Waals surface area contributed by atoms with Crippen LogP contribution in [0.15, 0.2) is 42.5 Å². The molecule has 0 atom stereocenters. The highest BCUT2D eigenvalue weighted by Crippen LogP contribution is 2.23. The molecule has 2 N–H and O–H groups in total. The van der Waals surface area contributed by atoms with Crippen LogP contribution in [0.1, 0.15) is 27.0 Å². The summed E-state index contributed by atoms with van der Waals surface area (Å²) in [5.74, 6) is -0.174. The Bertz CT molecular complexity index is 639. The van der Waals surface area contributed by atoms with E-state index in [1.54, 1.807) is 18.2 Å². The molecule has 3 nitrogen and oxygen atoms in total. The van der Waals surface area contributed by atoms with E-state index in [2.05, 4.69) is 17.4 Å². The number of aromatic hydroxyl groups is 1. The van der Waals surface area contributed by atoms with Gasteiger partial charge in [0.2, 0.25) is 0 Å². The topological polar surface area (TPSA) is 49.3 Å². The van der Waals surface area contributed by atoms with Crippen molar-refractivity contribution in [2.75, 3.05) is 0 Å². The minimum Gasteiger partial charge on any atom is -0.507 e. The molecule has 1 aliphatic carbocycles. The van der Waals surface area contributed by atoms with Crippen LogP contribution in [0, 0.1) is 6.92 Å². The van der Waals surface area contributed by atoms with Gasteiger partial charge in [-0.15, -0.1) is 0 Å². The van der Waals surface area contributed by atoms with Crippen LogP contribution in [0.4, 0.5) is 0 Å². The Labute approximate surface area is 118 Å². The van der Waals surface area contributed by atoms with Crippen LogP contribution in [0.3, 0.4) is 0 Å². The second-order valence-corrected chi connectivity index (χ2v) is 5.37. The molecule has 0 heterocycles. The summed E-state index contributed by atoms with van der Waals surface area (Å²) in [6.07, 6.45) is 1.71. The Hall–Kier alpha value is -2.29. The quantitative estimate of drug-likeness (QED) is 0.878. The second kappa shape index (κ2) is 5.00. The number of phenols is 1. The predicted octanol–water partition coefficient (Wildman–Crippen LogP) is 2.60. The van der Waals surface area contributed by atoms with Crippen molar-refractivity contribution in [1.82, 2.24) is 5.32 Å². The van der Waals surface area contributed by atoms with Crippen molar-refractivity contribution in [2.45, 2.75) is 25.8 Å². The number of aryl methyl sites for hydroxylation is 1. The smallest absolute Gasteiger partial charge is 0.255 e. The number of rotatable bonds is 2.